The molecule has 1 aliphatic heterocycles. The summed E-state index contributed by atoms with van der Waals surface area (Å²) in [4.78, 5) is 26.3. The Morgan fingerprint density at radius 3 is 2.67 bits per heavy atom. The summed E-state index contributed by atoms with van der Waals surface area (Å²) in [7, 11) is 0. The van der Waals surface area contributed by atoms with E-state index in [2.05, 4.69) is 5.32 Å². The summed E-state index contributed by atoms with van der Waals surface area (Å²) < 4.78 is 0. The Labute approximate surface area is 127 Å². The van der Waals surface area contributed by atoms with E-state index in [1.54, 1.807) is 4.90 Å². The van der Waals surface area contributed by atoms with Gasteiger partial charge in [0.25, 0.3) is 0 Å². The molecule has 5 heteroatoms. The monoisotopic (exact) mass is 296 g/mol. The molecule has 1 heterocycles. The van der Waals surface area contributed by atoms with Gasteiger partial charge in [0, 0.05) is 25.4 Å². The normalized spacial score (nSPS) is 29.4. The molecule has 0 spiro atoms. The Hall–Kier alpha value is -1.10. The predicted octanol–water partition coefficient (Wildman–Crippen LogP) is 1.44. The highest BCUT2D eigenvalue weighted by Crippen LogP contribution is 2.25. The first-order valence-electron chi connectivity index (χ1n) is 8.38. The van der Waals surface area contributed by atoms with Crippen LogP contribution in [0.25, 0.3) is 0 Å². The van der Waals surface area contributed by atoms with Crippen LogP contribution in [0.2, 0.25) is 0 Å². The van der Waals surface area contributed by atoms with Gasteiger partial charge < -0.3 is 15.3 Å². The minimum absolute atomic E-state index is 0.0433. The third-order valence-corrected chi connectivity index (χ3v) is 4.75. The third kappa shape index (κ3) is 4.19. The van der Waals surface area contributed by atoms with E-state index in [9.17, 15) is 14.7 Å². The second-order valence-corrected chi connectivity index (χ2v) is 6.35. The average molecular weight is 296 g/mol. The van der Waals surface area contributed by atoms with Crippen molar-refractivity contribution in [3.63, 3.8) is 0 Å². The first-order valence-corrected chi connectivity index (χ1v) is 8.38. The molecular formula is C16H28N2O3. The van der Waals surface area contributed by atoms with Crippen LogP contribution in [0.3, 0.4) is 0 Å². The number of carbonyl (C=O) groups excluding carboxylic acids is 2. The van der Waals surface area contributed by atoms with Crippen molar-refractivity contribution in [2.75, 3.05) is 13.1 Å². The van der Waals surface area contributed by atoms with Crippen molar-refractivity contribution in [1.29, 1.82) is 0 Å². The van der Waals surface area contributed by atoms with Crippen LogP contribution in [0, 0.1) is 5.92 Å². The number of aliphatic hydroxyl groups is 1. The van der Waals surface area contributed by atoms with Crippen molar-refractivity contribution < 1.29 is 14.7 Å². The topological polar surface area (TPSA) is 69.6 Å². The van der Waals surface area contributed by atoms with Gasteiger partial charge in [0.2, 0.25) is 11.8 Å². The number of aliphatic hydroxyl groups excluding tert-OH is 1. The average Bonchev–Trinajstić information content (AvgIpc) is 2.90. The maximum atomic E-state index is 12.4. The number of nitrogens with zero attached hydrogens (tertiary/aromatic N) is 1. The molecule has 0 bridgehead atoms. The van der Waals surface area contributed by atoms with Gasteiger partial charge in [-0.05, 0) is 38.5 Å². The van der Waals surface area contributed by atoms with Crippen molar-refractivity contribution >= 4 is 11.8 Å². The Balaban J connectivity index is 1.87. The fraction of sp³-hybridized carbons (Fsp3) is 0.875. The largest absolute Gasteiger partial charge is 0.393 e. The summed E-state index contributed by atoms with van der Waals surface area (Å²) in [5.74, 6) is 0.230. The summed E-state index contributed by atoms with van der Waals surface area (Å²) in [6.45, 7) is 3.22. The van der Waals surface area contributed by atoms with Crippen LogP contribution < -0.4 is 5.32 Å². The lowest BCUT2D eigenvalue weighted by molar-refractivity contribution is -0.142. The SMILES string of the molecule is CCCC(=O)N1CCCCC1C(=O)NCC1CCCC1O. The van der Waals surface area contributed by atoms with Gasteiger partial charge in [-0.1, -0.05) is 13.3 Å². The number of likely N-dealkylation sites (tertiary alicyclic amines) is 1. The van der Waals surface area contributed by atoms with E-state index in [4.69, 9.17) is 0 Å². The molecule has 1 saturated carbocycles. The first kappa shape index (κ1) is 16.3. The van der Waals surface area contributed by atoms with Crippen LogP contribution in [-0.2, 0) is 9.59 Å². The highest BCUT2D eigenvalue weighted by Gasteiger charge is 2.32. The molecular weight excluding hydrogens is 268 g/mol. The van der Waals surface area contributed by atoms with E-state index in [1.165, 1.54) is 0 Å². The van der Waals surface area contributed by atoms with Crippen LogP contribution in [0.5, 0.6) is 0 Å². The fourth-order valence-corrected chi connectivity index (χ4v) is 3.46. The molecule has 2 amide bonds. The number of rotatable bonds is 5. The van der Waals surface area contributed by atoms with Gasteiger partial charge in [0.15, 0.2) is 0 Å². The summed E-state index contributed by atoms with van der Waals surface area (Å²) >= 11 is 0. The van der Waals surface area contributed by atoms with Crippen LogP contribution in [0.15, 0.2) is 0 Å². The summed E-state index contributed by atoms with van der Waals surface area (Å²) in [6.07, 6.45) is 6.65. The quantitative estimate of drug-likeness (QED) is 0.806. The molecule has 0 aromatic carbocycles. The molecule has 0 radical (unpaired) electrons. The second-order valence-electron chi connectivity index (χ2n) is 6.35. The van der Waals surface area contributed by atoms with Gasteiger partial charge in [-0.15, -0.1) is 0 Å². The van der Waals surface area contributed by atoms with Gasteiger partial charge in [0.1, 0.15) is 6.04 Å². The van der Waals surface area contributed by atoms with Crippen molar-refractivity contribution in [1.82, 2.24) is 10.2 Å². The molecule has 5 nitrogen and oxygen atoms in total. The molecule has 120 valence electrons. The number of nitrogens with one attached hydrogen (secondary N) is 1. The Kier molecular flexibility index (Phi) is 6.03. The molecule has 2 aliphatic rings. The van der Waals surface area contributed by atoms with Crippen LogP contribution >= 0.6 is 0 Å². The minimum Gasteiger partial charge on any atom is -0.393 e. The number of hydrogen-bond donors (Lipinski definition) is 2. The van der Waals surface area contributed by atoms with Crippen molar-refractivity contribution in [2.24, 2.45) is 5.92 Å². The number of hydrogen-bond acceptors (Lipinski definition) is 3. The highest BCUT2D eigenvalue weighted by atomic mass is 16.3. The molecule has 2 fully saturated rings. The Bertz CT molecular complexity index is 373. The van der Waals surface area contributed by atoms with Crippen LogP contribution in [-0.4, -0.2) is 47.1 Å². The first-order chi connectivity index (χ1) is 10.1. The number of carbonyl (C=O) groups is 2. The predicted molar refractivity (Wildman–Crippen MR) is 80.6 cm³/mol. The summed E-state index contributed by atoms with van der Waals surface area (Å²) in [5.41, 5.74) is 0. The fourth-order valence-electron chi connectivity index (χ4n) is 3.46. The highest BCUT2D eigenvalue weighted by molar-refractivity contribution is 5.87. The molecule has 0 aromatic heterocycles. The van der Waals surface area contributed by atoms with Crippen molar-refractivity contribution in [3.8, 4) is 0 Å². The lowest BCUT2D eigenvalue weighted by Crippen LogP contribution is -2.52. The molecule has 1 aliphatic carbocycles. The maximum absolute atomic E-state index is 12.4. The Morgan fingerprint density at radius 2 is 2.00 bits per heavy atom. The maximum Gasteiger partial charge on any atom is 0.242 e. The lowest BCUT2D eigenvalue weighted by atomic mass is 10.00. The zero-order valence-electron chi connectivity index (χ0n) is 13.0. The lowest BCUT2D eigenvalue weighted by Gasteiger charge is -2.35. The van der Waals surface area contributed by atoms with E-state index in [0.29, 0.717) is 19.5 Å². The molecule has 2 N–H and O–H groups in total. The van der Waals surface area contributed by atoms with Gasteiger partial charge in [-0.3, -0.25) is 9.59 Å². The van der Waals surface area contributed by atoms with Gasteiger partial charge >= 0.3 is 0 Å². The Morgan fingerprint density at radius 1 is 1.19 bits per heavy atom. The van der Waals surface area contributed by atoms with E-state index >= 15 is 0 Å². The molecule has 2 rings (SSSR count). The third-order valence-electron chi connectivity index (χ3n) is 4.75. The van der Waals surface area contributed by atoms with Gasteiger partial charge in [-0.25, -0.2) is 0 Å². The number of amides is 2. The smallest absolute Gasteiger partial charge is 0.242 e. The van der Waals surface area contributed by atoms with E-state index in [1.807, 2.05) is 6.92 Å². The van der Waals surface area contributed by atoms with Crippen LogP contribution in [0.1, 0.15) is 58.3 Å². The summed E-state index contributed by atoms with van der Waals surface area (Å²) in [6, 6.07) is -0.309. The van der Waals surface area contributed by atoms with E-state index < -0.39 is 0 Å². The molecule has 0 aromatic rings. The molecule has 21 heavy (non-hydrogen) atoms. The van der Waals surface area contributed by atoms with Gasteiger partial charge in [-0.2, -0.15) is 0 Å². The molecule has 3 unspecified atom stereocenters. The number of piperidine rings is 1. The van der Waals surface area contributed by atoms with E-state index in [0.717, 1.165) is 44.9 Å². The summed E-state index contributed by atoms with van der Waals surface area (Å²) in [5, 5.41) is 12.8. The van der Waals surface area contributed by atoms with Crippen molar-refractivity contribution in [3.05, 3.63) is 0 Å². The zero-order valence-corrected chi connectivity index (χ0v) is 13.0. The van der Waals surface area contributed by atoms with E-state index in [-0.39, 0.29) is 29.9 Å². The second kappa shape index (κ2) is 7.78. The molecule has 1 saturated heterocycles. The minimum atomic E-state index is -0.309. The van der Waals surface area contributed by atoms with Gasteiger partial charge in [0.05, 0.1) is 6.10 Å². The zero-order chi connectivity index (χ0) is 15.2. The van der Waals surface area contributed by atoms with Crippen LogP contribution in [0.4, 0.5) is 0 Å². The standard InChI is InChI=1S/C16H28N2O3/c1-2-6-15(20)18-10-4-3-8-13(18)16(21)17-11-12-7-5-9-14(12)19/h12-14,19H,2-11H2,1H3,(H,17,21). The van der Waals surface area contributed by atoms with Crippen molar-refractivity contribution in [2.45, 2.75) is 70.4 Å². The molecule has 3 atom stereocenters.